The van der Waals surface area contributed by atoms with Crippen molar-refractivity contribution in [2.24, 2.45) is 0 Å². The average molecular weight is 305 g/mol. The van der Waals surface area contributed by atoms with Crippen molar-refractivity contribution >= 4 is 5.97 Å². The van der Waals surface area contributed by atoms with Crippen LogP contribution in [0.2, 0.25) is 0 Å². The van der Waals surface area contributed by atoms with Gasteiger partial charge in [0.25, 0.3) is 0 Å². The number of carbonyl (C=O) groups is 1. The molecular weight excluding hydrogens is 287 g/mol. The SMILES string of the molecule is O=C(O)Cn1ccc([C@H]2CCCN(CCC(F)(F)F)C2)n1. The Morgan fingerprint density at radius 3 is 2.90 bits per heavy atom. The molecule has 1 N–H and O–H groups in total. The van der Waals surface area contributed by atoms with E-state index in [0.29, 0.717) is 13.1 Å². The van der Waals surface area contributed by atoms with E-state index in [9.17, 15) is 18.0 Å². The van der Waals surface area contributed by atoms with Gasteiger partial charge in [0.1, 0.15) is 6.54 Å². The molecule has 1 aromatic rings. The molecule has 1 saturated heterocycles. The number of hydrogen-bond acceptors (Lipinski definition) is 3. The number of aromatic nitrogens is 2. The van der Waals surface area contributed by atoms with Crippen molar-refractivity contribution in [1.29, 1.82) is 0 Å². The van der Waals surface area contributed by atoms with Crippen molar-refractivity contribution in [3.05, 3.63) is 18.0 Å². The fourth-order valence-electron chi connectivity index (χ4n) is 2.61. The highest BCUT2D eigenvalue weighted by Crippen LogP contribution is 2.27. The predicted molar refractivity (Wildman–Crippen MR) is 68.9 cm³/mol. The Kier molecular flexibility index (Phi) is 4.87. The fourth-order valence-corrected chi connectivity index (χ4v) is 2.61. The lowest BCUT2D eigenvalue weighted by atomic mass is 9.95. The van der Waals surface area contributed by atoms with Gasteiger partial charge in [0, 0.05) is 25.2 Å². The Hall–Kier alpha value is -1.57. The maximum absolute atomic E-state index is 12.3. The third kappa shape index (κ3) is 5.04. The van der Waals surface area contributed by atoms with E-state index in [-0.39, 0.29) is 19.0 Å². The first kappa shape index (κ1) is 15.8. The normalized spacial score (nSPS) is 20.6. The quantitative estimate of drug-likeness (QED) is 0.905. The minimum atomic E-state index is -4.13. The van der Waals surface area contributed by atoms with Crippen LogP contribution in [-0.4, -0.2) is 51.6 Å². The summed E-state index contributed by atoms with van der Waals surface area (Å²) in [6.45, 7) is 1.02. The van der Waals surface area contributed by atoms with Gasteiger partial charge in [0.15, 0.2) is 0 Å². The van der Waals surface area contributed by atoms with Crippen molar-refractivity contribution in [3.63, 3.8) is 0 Å². The molecule has 1 aliphatic rings. The summed E-state index contributed by atoms with van der Waals surface area (Å²) in [6, 6.07) is 1.75. The smallest absolute Gasteiger partial charge is 0.390 e. The van der Waals surface area contributed by atoms with Crippen LogP contribution in [0.15, 0.2) is 12.3 Å². The number of alkyl halides is 3. The van der Waals surface area contributed by atoms with Gasteiger partial charge in [-0.05, 0) is 25.5 Å². The Morgan fingerprint density at radius 2 is 2.24 bits per heavy atom. The van der Waals surface area contributed by atoms with Gasteiger partial charge in [-0.2, -0.15) is 18.3 Å². The summed E-state index contributed by atoms with van der Waals surface area (Å²) in [5, 5.41) is 12.9. The second kappa shape index (κ2) is 6.46. The van der Waals surface area contributed by atoms with Crippen molar-refractivity contribution < 1.29 is 23.1 Å². The third-order valence-corrected chi connectivity index (χ3v) is 3.59. The van der Waals surface area contributed by atoms with Gasteiger partial charge in [0.2, 0.25) is 0 Å². The molecule has 0 amide bonds. The molecule has 8 heteroatoms. The van der Waals surface area contributed by atoms with Crippen LogP contribution < -0.4 is 0 Å². The molecule has 0 bridgehead atoms. The van der Waals surface area contributed by atoms with Crippen LogP contribution in [0.3, 0.4) is 0 Å². The molecule has 1 fully saturated rings. The van der Waals surface area contributed by atoms with E-state index >= 15 is 0 Å². The number of rotatable bonds is 5. The highest BCUT2D eigenvalue weighted by Gasteiger charge is 2.30. The Bertz CT molecular complexity index is 487. The lowest BCUT2D eigenvalue weighted by Gasteiger charge is -2.32. The third-order valence-electron chi connectivity index (χ3n) is 3.59. The van der Waals surface area contributed by atoms with Crippen LogP contribution in [0.1, 0.15) is 30.9 Å². The molecule has 0 aliphatic carbocycles. The first-order valence-corrected chi connectivity index (χ1v) is 6.88. The molecule has 2 rings (SSSR count). The van der Waals surface area contributed by atoms with Gasteiger partial charge in [-0.3, -0.25) is 9.48 Å². The summed E-state index contributed by atoms with van der Waals surface area (Å²) in [5.41, 5.74) is 0.757. The van der Waals surface area contributed by atoms with E-state index < -0.39 is 18.6 Å². The zero-order valence-corrected chi connectivity index (χ0v) is 11.5. The lowest BCUT2D eigenvalue weighted by molar-refractivity contribution is -0.139. The number of aliphatic carboxylic acids is 1. The molecule has 118 valence electrons. The number of halogens is 3. The molecule has 0 aromatic carbocycles. The monoisotopic (exact) mass is 305 g/mol. The second-order valence-electron chi connectivity index (χ2n) is 5.34. The van der Waals surface area contributed by atoms with Crippen molar-refractivity contribution in [2.45, 2.75) is 37.9 Å². The van der Waals surface area contributed by atoms with Gasteiger partial charge in [-0.25, -0.2) is 0 Å². The molecule has 1 atom stereocenters. The molecule has 2 heterocycles. The van der Waals surface area contributed by atoms with Crippen molar-refractivity contribution in [1.82, 2.24) is 14.7 Å². The summed E-state index contributed by atoms with van der Waals surface area (Å²) < 4.78 is 38.1. The van der Waals surface area contributed by atoms with Crippen LogP contribution in [0.5, 0.6) is 0 Å². The zero-order valence-electron chi connectivity index (χ0n) is 11.5. The van der Waals surface area contributed by atoms with Gasteiger partial charge >= 0.3 is 12.1 Å². The average Bonchev–Trinajstić information content (AvgIpc) is 2.83. The van der Waals surface area contributed by atoms with Gasteiger partial charge < -0.3 is 10.0 Å². The number of carboxylic acid groups (broad SMARTS) is 1. The maximum Gasteiger partial charge on any atom is 0.390 e. The fraction of sp³-hybridized carbons (Fsp3) is 0.692. The topological polar surface area (TPSA) is 58.4 Å². The summed E-state index contributed by atoms with van der Waals surface area (Å²) in [4.78, 5) is 12.4. The van der Waals surface area contributed by atoms with E-state index in [4.69, 9.17) is 5.11 Å². The minimum Gasteiger partial charge on any atom is -0.480 e. The standard InChI is InChI=1S/C13H18F3N3O2/c14-13(15,16)4-7-18-5-1-2-10(8-18)11-3-6-19(17-11)9-12(20)21/h3,6,10H,1-2,4-5,7-9H2,(H,20,21)/t10-/m0/s1. The number of likely N-dealkylation sites (tertiary alicyclic amines) is 1. The second-order valence-corrected chi connectivity index (χ2v) is 5.34. The minimum absolute atomic E-state index is 0.00976. The Morgan fingerprint density at radius 1 is 1.48 bits per heavy atom. The molecule has 0 radical (unpaired) electrons. The molecule has 5 nitrogen and oxygen atoms in total. The summed E-state index contributed by atoms with van der Waals surface area (Å²) in [6.07, 6.45) is -1.64. The van der Waals surface area contributed by atoms with Gasteiger partial charge in [0.05, 0.1) is 12.1 Å². The molecular formula is C13H18F3N3O2. The van der Waals surface area contributed by atoms with Crippen molar-refractivity contribution in [2.75, 3.05) is 19.6 Å². The van der Waals surface area contributed by atoms with Crippen molar-refractivity contribution in [3.8, 4) is 0 Å². The number of carboxylic acids is 1. The van der Waals surface area contributed by atoms with E-state index in [1.807, 2.05) is 0 Å². The predicted octanol–water partition coefficient (Wildman–Crippen LogP) is 2.10. The Labute approximate surface area is 120 Å². The van der Waals surface area contributed by atoms with Crippen LogP contribution >= 0.6 is 0 Å². The summed E-state index contributed by atoms with van der Waals surface area (Å²) in [7, 11) is 0. The number of hydrogen-bond donors (Lipinski definition) is 1. The van der Waals surface area contributed by atoms with Crippen LogP contribution in [-0.2, 0) is 11.3 Å². The number of nitrogens with zero attached hydrogens (tertiary/aromatic N) is 3. The van der Waals surface area contributed by atoms with E-state index in [0.717, 1.165) is 18.5 Å². The van der Waals surface area contributed by atoms with Crippen LogP contribution in [0.4, 0.5) is 13.2 Å². The molecule has 21 heavy (non-hydrogen) atoms. The summed E-state index contributed by atoms with van der Waals surface area (Å²) in [5.74, 6) is -0.901. The van der Waals surface area contributed by atoms with Crippen LogP contribution in [0, 0.1) is 0 Å². The molecule has 0 unspecified atom stereocenters. The summed E-state index contributed by atoms with van der Waals surface area (Å²) >= 11 is 0. The first-order chi connectivity index (χ1) is 9.83. The molecule has 0 spiro atoms. The van der Waals surface area contributed by atoms with E-state index in [1.54, 1.807) is 17.2 Å². The molecule has 0 saturated carbocycles. The number of piperidine rings is 1. The van der Waals surface area contributed by atoms with E-state index in [1.165, 1.54) is 4.68 Å². The Balaban J connectivity index is 1.91. The molecule has 1 aromatic heterocycles. The lowest BCUT2D eigenvalue weighted by Crippen LogP contribution is -2.36. The maximum atomic E-state index is 12.3. The van der Waals surface area contributed by atoms with E-state index in [2.05, 4.69) is 5.10 Å². The van der Waals surface area contributed by atoms with Gasteiger partial charge in [-0.1, -0.05) is 0 Å². The zero-order chi connectivity index (χ0) is 15.5. The largest absolute Gasteiger partial charge is 0.480 e. The van der Waals surface area contributed by atoms with Crippen LogP contribution in [0.25, 0.3) is 0 Å². The first-order valence-electron chi connectivity index (χ1n) is 6.88. The van der Waals surface area contributed by atoms with Gasteiger partial charge in [-0.15, -0.1) is 0 Å². The highest BCUT2D eigenvalue weighted by molar-refractivity contribution is 5.66. The highest BCUT2D eigenvalue weighted by atomic mass is 19.4. The molecule has 1 aliphatic heterocycles.